The Kier molecular flexibility index (Phi) is 4.72. The number of benzene rings is 1. The van der Waals surface area contributed by atoms with E-state index in [2.05, 4.69) is 10.1 Å². The number of hydrogen-bond donors (Lipinski definition) is 0. The molecule has 8 heteroatoms. The van der Waals surface area contributed by atoms with Crippen molar-refractivity contribution in [1.29, 1.82) is 0 Å². The number of carbonyl (C=O) groups excluding carboxylic acids is 2. The molecule has 1 aliphatic heterocycles. The summed E-state index contributed by atoms with van der Waals surface area (Å²) in [6.45, 7) is 1.06. The lowest BCUT2D eigenvalue weighted by atomic mass is 10.1. The maximum Gasteiger partial charge on any atom is 0.338 e. The minimum Gasteiger partial charge on any atom is -0.465 e. The maximum absolute atomic E-state index is 12.9. The Morgan fingerprint density at radius 2 is 2.04 bits per heavy atom. The van der Waals surface area contributed by atoms with Gasteiger partial charge < -0.3 is 14.2 Å². The highest BCUT2D eigenvalue weighted by Gasteiger charge is 2.32. The molecule has 0 N–H and O–H groups in total. The van der Waals surface area contributed by atoms with Crippen molar-refractivity contribution >= 4 is 23.2 Å². The predicted octanol–water partition coefficient (Wildman–Crippen LogP) is 3.21. The van der Waals surface area contributed by atoms with Crippen molar-refractivity contribution in [2.75, 3.05) is 20.2 Å². The lowest BCUT2D eigenvalue weighted by Gasteiger charge is -2.17. The summed E-state index contributed by atoms with van der Waals surface area (Å²) < 4.78 is 10.1. The molecule has 3 aromatic rings. The van der Waals surface area contributed by atoms with Crippen molar-refractivity contribution in [3.05, 3.63) is 58.7 Å². The smallest absolute Gasteiger partial charge is 0.338 e. The molecule has 3 heterocycles. The number of aromatic nitrogens is 2. The van der Waals surface area contributed by atoms with E-state index in [9.17, 15) is 9.59 Å². The highest BCUT2D eigenvalue weighted by molar-refractivity contribution is 7.13. The number of methoxy groups -OCH3 is 1. The van der Waals surface area contributed by atoms with E-state index < -0.39 is 5.97 Å². The zero-order valence-corrected chi connectivity index (χ0v) is 15.4. The molecular formula is C19H17N3O4S. The van der Waals surface area contributed by atoms with Gasteiger partial charge in [0.05, 0.1) is 23.1 Å². The normalized spacial score (nSPS) is 16.5. The van der Waals surface area contributed by atoms with Gasteiger partial charge in [0, 0.05) is 19.0 Å². The fourth-order valence-corrected chi connectivity index (χ4v) is 3.83. The number of thiophene rings is 1. The number of ether oxygens (including phenoxy) is 1. The first-order chi connectivity index (χ1) is 13.2. The van der Waals surface area contributed by atoms with Crippen LogP contribution >= 0.6 is 11.3 Å². The van der Waals surface area contributed by atoms with Crippen LogP contribution in [0.5, 0.6) is 0 Å². The Morgan fingerprint density at radius 1 is 1.22 bits per heavy atom. The topological polar surface area (TPSA) is 85.5 Å². The lowest BCUT2D eigenvalue weighted by Crippen LogP contribution is -2.30. The van der Waals surface area contributed by atoms with Gasteiger partial charge in [-0.1, -0.05) is 23.4 Å². The average molecular weight is 383 g/mol. The zero-order valence-electron chi connectivity index (χ0n) is 14.6. The van der Waals surface area contributed by atoms with Crippen LogP contribution in [0.2, 0.25) is 0 Å². The van der Waals surface area contributed by atoms with E-state index in [1.807, 2.05) is 17.5 Å². The predicted molar refractivity (Wildman–Crippen MR) is 98.7 cm³/mol. The summed E-state index contributed by atoms with van der Waals surface area (Å²) in [5.41, 5.74) is 0.616. The fourth-order valence-electron chi connectivity index (χ4n) is 3.18. The van der Waals surface area contributed by atoms with E-state index >= 15 is 0 Å². The van der Waals surface area contributed by atoms with Crippen LogP contribution in [0.1, 0.15) is 38.9 Å². The van der Waals surface area contributed by atoms with Crippen molar-refractivity contribution in [1.82, 2.24) is 15.0 Å². The fraction of sp³-hybridized carbons (Fsp3) is 0.263. The molecule has 7 nitrogen and oxygen atoms in total. The molecule has 1 aromatic carbocycles. The van der Waals surface area contributed by atoms with E-state index in [1.54, 1.807) is 29.2 Å². The molecule has 27 heavy (non-hydrogen) atoms. The molecule has 1 fully saturated rings. The van der Waals surface area contributed by atoms with Gasteiger partial charge in [-0.15, -0.1) is 11.3 Å². The van der Waals surface area contributed by atoms with Crippen LogP contribution in [0.25, 0.3) is 10.8 Å². The summed E-state index contributed by atoms with van der Waals surface area (Å²) in [6, 6.07) is 10.5. The Morgan fingerprint density at radius 3 is 2.78 bits per heavy atom. The van der Waals surface area contributed by atoms with Crippen molar-refractivity contribution in [3.63, 3.8) is 0 Å². The van der Waals surface area contributed by atoms with E-state index in [0.29, 0.717) is 30.4 Å². The molecule has 0 spiro atoms. The Balaban J connectivity index is 1.50. The summed E-state index contributed by atoms with van der Waals surface area (Å²) in [5, 5.41) is 6.04. The largest absolute Gasteiger partial charge is 0.465 e. The van der Waals surface area contributed by atoms with Gasteiger partial charge in [-0.3, -0.25) is 4.79 Å². The number of rotatable bonds is 4. The Hall–Kier alpha value is -3.00. The van der Waals surface area contributed by atoms with Gasteiger partial charge in [-0.05, 0) is 30.0 Å². The van der Waals surface area contributed by atoms with Gasteiger partial charge in [0.2, 0.25) is 0 Å². The van der Waals surface area contributed by atoms with Crippen molar-refractivity contribution in [3.8, 4) is 10.8 Å². The average Bonchev–Trinajstić information content (AvgIpc) is 3.46. The van der Waals surface area contributed by atoms with Crippen molar-refractivity contribution < 1.29 is 18.8 Å². The maximum atomic E-state index is 12.9. The molecular weight excluding hydrogens is 366 g/mol. The number of amides is 1. The second kappa shape index (κ2) is 7.32. The molecule has 1 amide bonds. The number of carbonyl (C=O) groups is 2. The summed E-state index contributed by atoms with van der Waals surface area (Å²) in [5.74, 6) is 0.404. The van der Waals surface area contributed by atoms with E-state index in [4.69, 9.17) is 9.26 Å². The molecule has 138 valence electrons. The van der Waals surface area contributed by atoms with Crippen LogP contribution < -0.4 is 0 Å². The van der Waals surface area contributed by atoms with Crippen LogP contribution in [-0.4, -0.2) is 47.1 Å². The molecule has 0 saturated carbocycles. The molecule has 0 aliphatic carbocycles. The number of nitrogens with zero attached hydrogens (tertiary/aromatic N) is 3. The highest BCUT2D eigenvalue weighted by Crippen LogP contribution is 2.30. The summed E-state index contributed by atoms with van der Waals surface area (Å²) in [4.78, 5) is 32.0. The van der Waals surface area contributed by atoms with Gasteiger partial charge in [0.1, 0.15) is 0 Å². The molecule has 2 aromatic heterocycles. The molecule has 1 atom stereocenters. The minimum absolute atomic E-state index is 0.0108. The zero-order chi connectivity index (χ0) is 18.8. The van der Waals surface area contributed by atoms with Gasteiger partial charge >= 0.3 is 5.97 Å². The molecule has 0 unspecified atom stereocenters. The molecule has 0 bridgehead atoms. The first-order valence-corrected chi connectivity index (χ1v) is 9.39. The van der Waals surface area contributed by atoms with Gasteiger partial charge in [-0.2, -0.15) is 4.98 Å². The van der Waals surface area contributed by atoms with E-state index in [-0.39, 0.29) is 17.4 Å². The molecule has 4 rings (SSSR count). The van der Waals surface area contributed by atoms with E-state index in [1.165, 1.54) is 18.4 Å². The standard InChI is InChI=1S/C19H17N3O4S/c1-25-19(24)14-6-3-2-5-13(14)18(23)22-9-8-12(11-22)16-20-17(26-21-16)15-7-4-10-27-15/h2-7,10,12H,8-9,11H2,1H3/t12-/m0/s1. The Labute approximate surface area is 159 Å². The molecule has 1 saturated heterocycles. The third-order valence-corrected chi connectivity index (χ3v) is 5.43. The number of likely N-dealkylation sites (tertiary alicyclic amines) is 1. The third-order valence-electron chi connectivity index (χ3n) is 4.58. The molecule has 0 radical (unpaired) electrons. The first kappa shape index (κ1) is 17.4. The van der Waals surface area contributed by atoms with Gasteiger partial charge in [-0.25, -0.2) is 4.79 Å². The summed E-state index contributed by atoms with van der Waals surface area (Å²) >= 11 is 1.54. The second-order valence-electron chi connectivity index (χ2n) is 6.21. The van der Waals surface area contributed by atoms with E-state index in [0.717, 1.165) is 11.3 Å². The number of hydrogen-bond acceptors (Lipinski definition) is 7. The van der Waals surface area contributed by atoms with Crippen LogP contribution in [0.15, 0.2) is 46.3 Å². The van der Waals surface area contributed by atoms with Crippen LogP contribution in [0.3, 0.4) is 0 Å². The lowest BCUT2D eigenvalue weighted by molar-refractivity contribution is 0.0592. The quantitative estimate of drug-likeness (QED) is 0.643. The SMILES string of the molecule is COC(=O)c1ccccc1C(=O)N1CC[C@H](c2noc(-c3cccs3)n2)C1. The Bertz CT molecular complexity index is 967. The summed E-state index contributed by atoms with van der Waals surface area (Å²) in [7, 11) is 1.30. The van der Waals surface area contributed by atoms with Crippen molar-refractivity contribution in [2.24, 2.45) is 0 Å². The highest BCUT2D eigenvalue weighted by atomic mass is 32.1. The monoisotopic (exact) mass is 383 g/mol. The van der Waals surface area contributed by atoms with Crippen LogP contribution in [0, 0.1) is 0 Å². The first-order valence-electron chi connectivity index (χ1n) is 8.51. The van der Waals surface area contributed by atoms with Gasteiger partial charge in [0.25, 0.3) is 11.8 Å². The van der Waals surface area contributed by atoms with Gasteiger partial charge in [0.15, 0.2) is 5.82 Å². The molecule has 1 aliphatic rings. The second-order valence-corrected chi connectivity index (χ2v) is 7.16. The third kappa shape index (κ3) is 3.35. The van der Waals surface area contributed by atoms with Crippen molar-refractivity contribution in [2.45, 2.75) is 12.3 Å². The minimum atomic E-state index is -0.520. The number of esters is 1. The summed E-state index contributed by atoms with van der Waals surface area (Å²) in [6.07, 6.45) is 0.746. The van der Waals surface area contributed by atoms with Crippen LogP contribution in [0.4, 0.5) is 0 Å². The van der Waals surface area contributed by atoms with Crippen LogP contribution in [-0.2, 0) is 4.74 Å².